The molecule has 6 heteroatoms. The first kappa shape index (κ1) is 25.6. The summed E-state index contributed by atoms with van der Waals surface area (Å²) < 4.78 is 10.9. The zero-order valence-corrected chi connectivity index (χ0v) is 22.0. The molecule has 0 saturated heterocycles. The molecular formula is C25H30Br2O4. The van der Waals surface area contributed by atoms with Crippen molar-refractivity contribution in [3.63, 3.8) is 0 Å². The van der Waals surface area contributed by atoms with Crippen molar-refractivity contribution in [1.29, 1.82) is 0 Å². The van der Waals surface area contributed by atoms with Gasteiger partial charge < -0.3 is 9.47 Å². The summed E-state index contributed by atoms with van der Waals surface area (Å²) in [6.45, 7) is 12.1. The SMILES string of the molecule is CC(C)C(Br)C(=O)Oc1ccc(C(C)(C)c2ccc(OC(=O)C(Br)C(C)C)cc2)cc1. The minimum Gasteiger partial charge on any atom is -0.426 e. The molecular weight excluding hydrogens is 524 g/mol. The highest BCUT2D eigenvalue weighted by atomic mass is 79.9. The highest BCUT2D eigenvalue weighted by molar-refractivity contribution is 9.10. The molecule has 0 aliphatic carbocycles. The Hall–Kier alpha value is -1.66. The van der Waals surface area contributed by atoms with Gasteiger partial charge in [0.25, 0.3) is 0 Å². The number of halogens is 2. The maximum Gasteiger partial charge on any atom is 0.325 e. The van der Waals surface area contributed by atoms with Crippen molar-refractivity contribution >= 4 is 43.8 Å². The van der Waals surface area contributed by atoms with E-state index in [4.69, 9.17) is 9.47 Å². The molecule has 0 spiro atoms. The van der Waals surface area contributed by atoms with Crippen molar-refractivity contribution < 1.29 is 19.1 Å². The van der Waals surface area contributed by atoms with E-state index in [-0.39, 0.29) is 38.8 Å². The van der Waals surface area contributed by atoms with Crippen molar-refractivity contribution in [2.45, 2.75) is 56.6 Å². The van der Waals surface area contributed by atoms with Gasteiger partial charge in [-0.15, -0.1) is 0 Å². The van der Waals surface area contributed by atoms with Gasteiger partial charge in [0.2, 0.25) is 0 Å². The third-order valence-corrected chi connectivity index (χ3v) is 8.07. The molecule has 2 atom stereocenters. The molecule has 2 aromatic rings. The maximum absolute atomic E-state index is 12.1. The predicted molar refractivity (Wildman–Crippen MR) is 131 cm³/mol. The number of hydrogen-bond donors (Lipinski definition) is 0. The Balaban J connectivity index is 2.10. The Morgan fingerprint density at radius 2 is 0.968 bits per heavy atom. The number of alkyl halides is 2. The molecule has 0 aliphatic heterocycles. The molecule has 0 aliphatic rings. The van der Waals surface area contributed by atoms with Crippen LogP contribution in [0, 0.1) is 11.8 Å². The van der Waals surface area contributed by atoms with E-state index in [1.54, 1.807) is 0 Å². The molecule has 2 aromatic carbocycles. The van der Waals surface area contributed by atoms with E-state index in [1.807, 2.05) is 76.2 Å². The maximum atomic E-state index is 12.1. The molecule has 2 rings (SSSR count). The van der Waals surface area contributed by atoms with E-state index in [9.17, 15) is 9.59 Å². The van der Waals surface area contributed by atoms with Crippen LogP contribution < -0.4 is 9.47 Å². The third kappa shape index (κ3) is 6.66. The smallest absolute Gasteiger partial charge is 0.325 e. The molecule has 0 amide bonds. The number of benzene rings is 2. The van der Waals surface area contributed by atoms with Crippen molar-refractivity contribution in [3.8, 4) is 11.5 Å². The average Bonchev–Trinajstić information content (AvgIpc) is 2.73. The summed E-state index contributed by atoms with van der Waals surface area (Å²) in [5, 5.41) is 0. The fourth-order valence-corrected chi connectivity index (χ4v) is 3.12. The monoisotopic (exact) mass is 552 g/mol. The van der Waals surface area contributed by atoms with E-state index >= 15 is 0 Å². The van der Waals surface area contributed by atoms with Crippen LogP contribution in [0.5, 0.6) is 11.5 Å². The lowest BCUT2D eigenvalue weighted by atomic mass is 9.78. The number of esters is 2. The van der Waals surface area contributed by atoms with Crippen LogP contribution in [0.1, 0.15) is 52.7 Å². The van der Waals surface area contributed by atoms with E-state index in [2.05, 4.69) is 45.7 Å². The lowest BCUT2D eigenvalue weighted by Crippen LogP contribution is -2.25. The molecule has 4 nitrogen and oxygen atoms in total. The summed E-state index contributed by atoms with van der Waals surface area (Å²) in [5.41, 5.74) is 1.88. The second kappa shape index (κ2) is 10.8. The molecule has 0 heterocycles. The second-order valence-electron chi connectivity index (χ2n) is 8.81. The fraction of sp³-hybridized carbons (Fsp3) is 0.440. The minimum atomic E-state index is -0.336. The molecule has 168 valence electrons. The van der Waals surface area contributed by atoms with Gasteiger partial charge in [-0.2, -0.15) is 0 Å². The highest BCUT2D eigenvalue weighted by Crippen LogP contribution is 2.33. The van der Waals surface area contributed by atoms with Gasteiger partial charge in [-0.3, -0.25) is 9.59 Å². The average molecular weight is 554 g/mol. The van der Waals surface area contributed by atoms with Crippen molar-refractivity contribution in [2.24, 2.45) is 11.8 Å². The molecule has 0 bridgehead atoms. The van der Waals surface area contributed by atoms with Gasteiger partial charge in [0.15, 0.2) is 0 Å². The van der Waals surface area contributed by atoms with Crippen molar-refractivity contribution in [2.75, 3.05) is 0 Å². The normalized spacial score (nSPS) is 13.7. The summed E-state index contributed by atoms with van der Waals surface area (Å²) in [7, 11) is 0. The van der Waals surface area contributed by atoms with Crippen LogP contribution in [0.2, 0.25) is 0 Å². The Bertz CT molecular complexity index is 813. The van der Waals surface area contributed by atoms with Crippen molar-refractivity contribution in [1.82, 2.24) is 0 Å². The summed E-state index contributed by atoms with van der Waals surface area (Å²) in [6.07, 6.45) is 0. The topological polar surface area (TPSA) is 52.6 Å². The quantitative estimate of drug-likeness (QED) is 0.208. The van der Waals surface area contributed by atoms with Gasteiger partial charge in [0, 0.05) is 5.41 Å². The van der Waals surface area contributed by atoms with Crippen LogP contribution >= 0.6 is 31.9 Å². The highest BCUT2D eigenvalue weighted by Gasteiger charge is 2.25. The van der Waals surface area contributed by atoms with E-state index in [0.717, 1.165) is 11.1 Å². The Morgan fingerprint density at radius 3 is 1.23 bits per heavy atom. The molecule has 0 N–H and O–H groups in total. The lowest BCUT2D eigenvalue weighted by Gasteiger charge is -2.26. The minimum absolute atomic E-state index is 0.152. The standard InChI is InChI=1S/C25H30Br2O4/c1-15(2)21(26)23(28)30-19-11-7-17(8-12-19)25(5,6)18-9-13-20(14-10-18)31-24(29)22(27)16(3)4/h7-16,21-22H,1-6H3. The van der Waals surface area contributed by atoms with E-state index < -0.39 is 0 Å². The summed E-state index contributed by atoms with van der Waals surface area (Å²) >= 11 is 6.74. The van der Waals surface area contributed by atoms with Crippen molar-refractivity contribution in [3.05, 3.63) is 59.7 Å². The number of ether oxygens (including phenoxy) is 2. The van der Waals surface area contributed by atoms with Gasteiger partial charge in [-0.25, -0.2) is 0 Å². The number of carbonyl (C=O) groups is 2. The number of hydrogen-bond acceptors (Lipinski definition) is 4. The molecule has 0 fully saturated rings. The van der Waals surface area contributed by atoms with Crippen LogP contribution in [0.4, 0.5) is 0 Å². The molecule has 2 unspecified atom stereocenters. The molecule has 0 saturated carbocycles. The fourth-order valence-electron chi connectivity index (χ4n) is 2.94. The molecule has 0 aromatic heterocycles. The first-order valence-electron chi connectivity index (χ1n) is 10.4. The van der Waals surface area contributed by atoms with Gasteiger partial charge >= 0.3 is 11.9 Å². The molecule has 31 heavy (non-hydrogen) atoms. The van der Waals surface area contributed by atoms with Crippen LogP contribution in [-0.2, 0) is 15.0 Å². The van der Waals surface area contributed by atoms with Crippen LogP contribution in [0.25, 0.3) is 0 Å². The van der Waals surface area contributed by atoms with Crippen LogP contribution in [0.3, 0.4) is 0 Å². The largest absolute Gasteiger partial charge is 0.426 e. The van der Waals surface area contributed by atoms with Gasteiger partial charge in [0.1, 0.15) is 21.2 Å². The number of rotatable bonds is 8. The Morgan fingerprint density at radius 1 is 0.677 bits per heavy atom. The van der Waals surface area contributed by atoms with Gasteiger partial charge in [-0.05, 0) is 47.2 Å². The predicted octanol–water partition coefficient (Wildman–Crippen LogP) is 6.66. The molecule has 0 radical (unpaired) electrons. The Kier molecular flexibility index (Phi) is 8.90. The van der Waals surface area contributed by atoms with E-state index in [1.165, 1.54) is 0 Å². The first-order chi connectivity index (χ1) is 14.4. The third-order valence-electron chi connectivity index (χ3n) is 5.21. The van der Waals surface area contributed by atoms with Gasteiger partial charge in [0.05, 0.1) is 0 Å². The second-order valence-corrected chi connectivity index (χ2v) is 10.8. The van der Waals surface area contributed by atoms with E-state index in [0.29, 0.717) is 11.5 Å². The summed E-state index contributed by atoms with van der Waals surface area (Å²) in [6, 6.07) is 15.1. The summed E-state index contributed by atoms with van der Waals surface area (Å²) in [5.74, 6) is 0.751. The Labute approximate surface area is 202 Å². The van der Waals surface area contributed by atoms with Crippen LogP contribution in [-0.4, -0.2) is 21.6 Å². The van der Waals surface area contributed by atoms with Crippen LogP contribution in [0.15, 0.2) is 48.5 Å². The van der Waals surface area contributed by atoms with Gasteiger partial charge in [-0.1, -0.05) is 97.7 Å². The lowest BCUT2D eigenvalue weighted by molar-refractivity contribution is -0.135. The summed E-state index contributed by atoms with van der Waals surface area (Å²) in [4.78, 5) is 23.6. The zero-order chi connectivity index (χ0) is 23.3. The number of carbonyl (C=O) groups excluding carboxylic acids is 2. The first-order valence-corrected chi connectivity index (χ1v) is 12.2. The zero-order valence-electron chi connectivity index (χ0n) is 18.8.